The number of amidine groups is 1. The van der Waals surface area contributed by atoms with Crippen molar-refractivity contribution >= 4 is 21.8 Å². The molecule has 1 atom stereocenters. The third-order valence-corrected chi connectivity index (χ3v) is 6.24. The van der Waals surface area contributed by atoms with Crippen LogP contribution in [0, 0.1) is 0 Å². The minimum absolute atomic E-state index is 0.153. The molecular formula is C21H21N5O3S. The number of nitrogens with zero attached hydrogens (tertiary/aromatic N) is 3. The van der Waals surface area contributed by atoms with Gasteiger partial charge in [-0.05, 0) is 36.8 Å². The summed E-state index contributed by atoms with van der Waals surface area (Å²) < 4.78 is 28.5. The fraction of sp³-hybridized carbons (Fsp3) is 0.190. The van der Waals surface area contributed by atoms with E-state index in [0.717, 1.165) is 11.3 Å². The molecule has 154 valence electrons. The fourth-order valence-corrected chi connectivity index (χ4v) is 4.52. The first-order valence-electron chi connectivity index (χ1n) is 9.48. The number of hydrogen-bond acceptors (Lipinski definition) is 5. The molecule has 9 heteroatoms. The lowest BCUT2D eigenvalue weighted by Crippen LogP contribution is -2.27. The molecule has 0 radical (unpaired) electrons. The molecule has 2 N–H and O–H groups in total. The molecule has 2 aromatic carbocycles. The number of carbonyl (C=O) groups excluding carboxylic acids is 1. The Balaban J connectivity index is 1.34. The maximum Gasteiger partial charge on any atom is 0.263 e. The van der Waals surface area contributed by atoms with Gasteiger partial charge in [-0.1, -0.05) is 24.3 Å². The zero-order valence-electron chi connectivity index (χ0n) is 16.3. The predicted molar refractivity (Wildman–Crippen MR) is 113 cm³/mol. The van der Waals surface area contributed by atoms with Crippen LogP contribution in [0.1, 0.15) is 30.5 Å². The average molecular weight is 423 g/mol. The van der Waals surface area contributed by atoms with Gasteiger partial charge < -0.3 is 9.88 Å². The van der Waals surface area contributed by atoms with Gasteiger partial charge in [0.2, 0.25) is 5.91 Å². The van der Waals surface area contributed by atoms with Crippen LogP contribution in [0.4, 0.5) is 0 Å². The first-order valence-corrected chi connectivity index (χ1v) is 11.0. The van der Waals surface area contributed by atoms with Gasteiger partial charge in [-0.15, -0.1) is 0 Å². The summed E-state index contributed by atoms with van der Waals surface area (Å²) in [4.78, 5) is 20.8. The van der Waals surface area contributed by atoms with Crippen LogP contribution in [0.15, 0.2) is 77.1 Å². The lowest BCUT2D eigenvalue weighted by Gasteiger charge is -2.15. The van der Waals surface area contributed by atoms with Crippen LogP contribution in [0.2, 0.25) is 0 Å². The Morgan fingerprint density at radius 3 is 2.70 bits per heavy atom. The maximum atomic E-state index is 12.3. The standard InChI is InChI=1S/C21H21N5O3S/c1-15(16-6-8-17(9-7-16)26-13-12-22-14-26)24-20(27)10-11-23-21-18-4-2-3-5-19(18)30(28,29)25-21/h2-9,12-15H,10-11H2,1H3,(H,23,25)(H,24,27). The summed E-state index contributed by atoms with van der Waals surface area (Å²) in [5.74, 6) is 0.126. The van der Waals surface area contributed by atoms with E-state index < -0.39 is 10.0 Å². The molecule has 4 rings (SSSR count). The van der Waals surface area contributed by atoms with Crippen LogP contribution in [-0.4, -0.2) is 36.3 Å². The molecule has 1 unspecified atom stereocenters. The number of aliphatic imine (C=N–C) groups is 1. The summed E-state index contributed by atoms with van der Waals surface area (Å²) in [6.07, 6.45) is 5.47. The molecule has 0 saturated heterocycles. The summed E-state index contributed by atoms with van der Waals surface area (Å²) in [6, 6.07) is 14.3. The highest BCUT2D eigenvalue weighted by atomic mass is 32.2. The number of rotatable bonds is 6. The molecule has 0 bridgehead atoms. The van der Waals surface area contributed by atoms with Crippen molar-refractivity contribution in [3.8, 4) is 5.69 Å². The molecule has 3 aromatic rings. The van der Waals surface area contributed by atoms with E-state index in [1.807, 2.05) is 42.0 Å². The zero-order valence-corrected chi connectivity index (χ0v) is 17.1. The van der Waals surface area contributed by atoms with E-state index in [1.165, 1.54) is 6.07 Å². The lowest BCUT2D eigenvalue weighted by atomic mass is 10.1. The van der Waals surface area contributed by atoms with Crippen molar-refractivity contribution in [2.75, 3.05) is 6.54 Å². The molecule has 8 nitrogen and oxygen atoms in total. The minimum atomic E-state index is -3.57. The first-order chi connectivity index (χ1) is 14.4. The van der Waals surface area contributed by atoms with Gasteiger partial charge in [0.05, 0.1) is 23.8 Å². The van der Waals surface area contributed by atoms with Gasteiger partial charge in [-0.3, -0.25) is 14.5 Å². The van der Waals surface area contributed by atoms with Crippen LogP contribution in [-0.2, 0) is 14.8 Å². The Labute approximate surface area is 174 Å². The summed E-state index contributed by atoms with van der Waals surface area (Å²) in [5.41, 5.74) is 2.50. The number of benzene rings is 2. The Kier molecular flexibility index (Phi) is 5.37. The van der Waals surface area contributed by atoms with Crippen LogP contribution in [0.3, 0.4) is 0 Å². The van der Waals surface area contributed by atoms with E-state index in [-0.39, 0.29) is 35.6 Å². The lowest BCUT2D eigenvalue weighted by molar-refractivity contribution is -0.121. The number of fused-ring (bicyclic) bond motifs is 1. The summed E-state index contributed by atoms with van der Waals surface area (Å²) in [6.45, 7) is 2.10. The van der Waals surface area contributed by atoms with Crippen molar-refractivity contribution in [3.63, 3.8) is 0 Å². The van der Waals surface area contributed by atoms with Gasteiger partial charge >= 0.3 is 0 Å². The van der Waals surface area contributed by atoms with E-state index in [1.54, 1.807) is 30.7 Å². The minimum Gasteiger partial charge on any atom is -0.350 e. The Hall–Kier alpha value is -3.46. The van der Waals surface area contributed by atoms with E-state index in [9.17, 15) is 13.2 Å². The summed E-state index contributed by atoms with van der Waals surface area (Å²) >= 11 is 0. The number of amides is 1. The van der Waals surface area contributed by atoms with Gasteiger partial charge in [0.25, 0.3) is 10.0 Å². The van der Waals surface area contributed by atoms with Crippen molar-refractivity contribution in [1.82, 2.24) is 19.6 Å². The topological polar surface area (TPSA) is 105 Å². The average Bonchev–Trinajstić information content (AvgIpc) is 3.35. The van der Waals surface area contributed by atoms with E-state index >= 15 is 0 Å². The van der Waals surface area contributed by atoms with E-state index in [2.05, 4.69) is 20.0 Å². The van der Waals surface area contributed by atoms with Crippen molar-refractivity contribution in [1.29, 1.82) is 0 Å². The second kappa shape index (κ2) is 8.11. The molecule has 0 saturated carbocycles. The van der Waals surface area contributed by atoms with Gasteiger partial charge in [-0.2, -0.15) is 0 Å². The Bertz CT molecular complexity index is 1190. The monoisotopic (exact) mass is 423 g/mol. The molecule has 1 amide bonds. The first kappa shape index (κ1) is 19.8. The van der Waals surface area contributed by atoms with Gasteiger partial charge in [-0.25, -0.2) is 13.4 Å². The molecule has 1 aliphatic rings. The highest BCUT2D eigenvalue weighted by molar-refractivity contribution is 7.90. The number of aromatic nitrogens is 2. The van der Waals surface area contributed by atoms with Crippen molar-refractivity contribution in [3.05, 3.63) is 78.4 Å². The van der Waals surface area contributed by atoms with E-state index in [0.29, 0.717) is 5.56 Å². The normalized spacial score (nSPS) is 16.6. The molecule has 0 spiro atoms. The van der Waals surface area contributed by atoms with Crippen molar-refractivity contribution < 1.29 is 13.2 Å². The maximum absolute atomic E-state index is 12.3. The Morgan fingerprint density at radius 2 is 1.97 bits per heavy atom. The number of hydrogen-bond donors (Lipinski definition) is 2. The van der Waals surface area contributed by atoms with Crippen molar-refractivity contribution in [2.24, 2.45) is 4.99 Å². The van der Waals surface area contributed by atoms with Crippen LogP contribution in [0.25, 0.3) is 5.69 Å². The van der Waals surface area contributed by atoms with Crippen LogP contribution >= 0.6 is 0 Å². The quantitative estimate of drug-likeness (QED) is 0.634. The molecule has 30 heavy (non-hydrogen) atoms. The third kappa shape index (κ3) is 4.11. The molecule has 1 aliphatic heterocycles. The number of sulfonamides is 1. The SMILES string of the molecule is CC(NC(=O)CCN=C1NS(=O)(=O)c2ccccc21)c1ccc(-n2ccnc2)cc1. The molecule has 0 fully saturated rings. The third-order valence-electron chi connectivity index (χ3n) is 4.84. The Morgan fingerprint density at radius 1 is 1.20 bits per heavy atom. The zero-order chi connectivity index (χ0) is 21.1. The second-order valence-electron chi connectivity index (χ2n) is 6.93. The summed E-state index contributed by atoms with van der Waals surface area (Å²) in [5, 5.41) is 2.95. The largest absolute Gasteiger partial charge is 0.350 e. The molecular weight excluding hydrogens is 402 g/mol. The number of carbonyl (C=O) groups is 1. The van der Waals surface area contributed by atoms with E-state index in [4.69, 9.17) is 0 Å². The van der Waals surface area contributed by atoms with Gasteiger partial charge in [0.15, 0.2) is 0 Å². The predicted octanol–water partition coefficient (Wildman–Crippen LogP) is 2.18. The molecule has 1 aromatic heterocycles. The fourth-order valence-electron chi connectivity index (χ4n) is 3.26. The second-order valence-corrected chi connectivity index (χ2v) is 8.58. The van der Waals surface area contributed by atoms with Gasteiger partial charge in [0, 0.05) is 30.1 Å². The van der Waals surface area contributed by atoms with Crippen molar-refractivity contribution in [2.45, 2.75) is 24.3 Å². The van der Waals surface area contributed by atoms with Crippen LogP contribution < -0.4 is 10.0 Å². The number of nitrogens with one attached hydrogen (secondary N) is 2. The summed E-state index contributed by atoms with van der Waals surface area (Å²) in [7, 11) is -3.57. The van der Waals surface area contributed by atoms with Gasteiger partial charge in [0.1, 0.15) is 5.84 Å². The highest BCUT2D eigenvalue weighted by Gasteiger charge is 2.29. The molecule has 2 heterocycles. The number of imidazole rings is 1. The highest BCUT2D eigenvalue weighted by Crippen LogP contribution is 2.22. The smallest absolute Gasteiger partial charge is 0.263 e. The van der Waals surface area contributed by atoms with Crippen LogP contribution in [0.5, 0.6) is 0 Å². The molecule has 0 aliphatic carbocycles.